The number of imide groups is 1. The van der Waals surface area contributed by atoms with E-state index in [-0.39, 0.29) is 30.0 Å². The zero-order chi connectivity index (χ0) is 33.9. The van der Waals surface area contributed by atoms with Gasteiger partial charge in [-0.25, -0.2) is 41.7 Å². The Bertz CT molecular complexity index is 1940. The Hall–Kier alpha value is -5.77. The standard InChI is InChI=1S/C31H26F2N6O7S/c1-38-11-10-27(40)39(31(38)44)22-6-2-18(3-7-22)12-26(30(42)43)36-29(41)28-24(32)13-21(14-25(28)33)37-47(45,46)23-8-4-19(5-9-23)20-15-34-17-35-16-20/h2-9,13-17,26,37H,10-12H2,1H3,(H,36,41)(H,42,43)/t26-/m0/s1. The second kappa shape index (κ2) is 13.3. The molecule has 13 nitrogen and oxygen atoms in total. The lowest BCUT2D eigenvalue weighted by Crippen LogP contribution is -2.50. The molecule has 1 fully saturated rings. The van der Waals surface area contributed by atoms with Crippen molar-refractivity contribution in [1.29, 1.82) is 0 Å². The van der Waals surface area contributed by atoms with Gasteiger partial charge in [0, 0.05) is 44.4 Å². The van der Waals surface area contributed by atoms with Crippen LogP contribution in [0.15, 0.2) is 84.3 Å². The van der Waals surface area contributed by atoms with E-state index >= 15 is 8.78 Å². The molecular weight excluding hydrogens is 638 g/mol. The number of anilines is 2. The van der Waals surface area contributed by atoms with Crippen molar-refractivity contribution in [3.63, 3.8) is 0 Å². The highest BCUT2D eigenvalue weighted by molar-refractivity contribution is 7.92. The molecule has 1 aliphatic rings. The molecule has 0 bridgehead atoms. The number of hydrogen-bond acceptors (Lipinski definition) is 8. The van der Waals surface area contributed by atoms with E-state index in [9.17, 15) is 32.7 Å². The third-order valence-corrected chi connectivity index (χ3v) is 8.64. The maximum absolute atomic E-state index is 15.0. The molecule has 4 amide bonds. The number of benzene rings is 3. The van der Waals surface area contributed by atoms with Crippen molar-refractivity contribution in [2.75, 3.05) is 23.2 Å². The van der Waals surface area contributed by atoms with Crippen molar-refractivity contribution in [2.24, 2.45) is 0 Å². The zero-order valence-corrected chi connectivity index (χ0v) is 25.4. The highest BCUT2D eigenvalue weighted by Crippen LogP contribution is 2.25. The van der Waals surface area contributed by atoms with Gasteiger partial charge >= 0.3 is 12.0 Å². The highest BCUT2D eigenvalue weighted by atomic mass is 32.2. The SMILES string of the molecule is CN1CCC(=O)N(c2ccc(C[C@H](NC(=O)c3c(F)cc(NS(=O)(=O)c4ccc(-c5cncnc5)cc4)cc3F)C(=O)O)cc2)C1=O. The number of carboxylic acids is 1. The van der Waals surface area contributed by atoms with Crippen LogP contribution in [0, 0.1) is 11.6 Å². The van der Waals surface area contributed by atoms with Crippen LogP contribution in [0.3, 0.4) is 0 Å². The number of nitrogens with zero attached hydrogens (tertiary/aromatic N) is 4. The molecule has 1 aromatic heterocycles. The number of aromatic nitrogens is 2. The molecular formula is C31H26F2N6O7S. The maximum Gasteiger partial charge on any atom is 0.331 e. The van der Waals surface area contributed by atoms with Crippen molar-refractivity contribution >= 4 is 45.2 Å². The predicted molar refractivity (Wildman–Crippen MR) is 164 cm³/mol. The number of sulfonamides is 1. The lowest BCUT2D eigenvalue weighted by Gasteiger charge is -2.31. The monoisotopic (exact) mass is 664 g/mol. The fraction of sp³-hybridized carbons (Fsp3) is 0.161. The number of rotatable bonds is 10. The molecule has 0 unspecified atom stereocenters. The minimum Gasteiger partial charge on any atom is -0.480 e. The summed E-state index contributed by atoms with van der Waals surface area (Å²) in [5, 5.41) is 11.8. The van der Waals surface area contributed by atoms with E-state index in [4.69, 9.17) is 0 Å². The van der Waals surface area contributed by atoms with Gasteiger partial charge in [0.1, 0.15) is 29.6 Å². The molecule has 0 spiro atoms. The number of urea groups is 1. The maximum atomic E-state index is 15.0. The normalized spacial score (nSPS) is 14.1. The van der Waals surface area contributed by atoms with E-state index in [1.807, 2.05) is 0 Å². The molecule has 0 saturated carbocycles. The molecule has 1 atom stereocenters. The summed E-state index contributed by atoms with van der Waals surface area (Å²) in [6, 6.07) is 10.4. The summed E-state index contributed by atoms with van der Waals surface area (Å²) in [4.78, 5) is 59.4. The predicted octanol–water partition coefficient (Wildman–Crippen LogP) is 3.44. The van der Waals surface area contributed by atoms with E-state index in [2.05, 4.69) is 20.0 Å². The quantitative estimate of drug-likeness (QED) is 0.229. The third kappa shape index (κ3) is 7.22. The molecule has 3 N–H and O–H groups in total. The van der Waals surface area contributed by atoms with Crippen LogP contribution in [0.2, 0.25) is 0 Å². The van der Waals surface area contributed by atoms with Crippen LogP contribution in [0.5, 0.6) is 0 Å². The van der Waals surface area contributed by atoms with Crippen LogP contribution in [-0.4, -0.2) is 71.8 Å². The molecule has 1 saturated heterocycles. The molecule has 3 aromatic carbocycles. The van der Waals surface area contributed by atoms with Crippen molar-refractivity contribution in [1.82, 2.24) is 20.2 Å². The van der Waals surface area contributed by atoms with Crippen molar-refractivity contribution in [3.05, 3.63) is 102 Å². The van der Waals surface area contributed by atoms with E-state index in [0.29, 0.717) is 28.8 Å². The van der Waals surface area contributed by atoms with Gasteiger partial charge in [0.05, 0.1) is 16.3 Å². The van der Waals surface area contributed by atoms with Gasteiger partial charge in [-0.05, 0) is 47.5 Å². The number of halogens is 2. The highest BCUT2D eigenvalue weighted by Gasteiger charge is 2.31. The Morgan fingerprint density at radius 1 is 0.957 bits per heavy atom. The molecule has 47 heavy (non-hydrogen) atoms. The van der Waals surface area contributed by atoms with E-state index < -0.39 is 62.8 Å². The summed E-state index contributed by atoms with van der Waals surface area (Å²) < 4.78 is 57.8. The average molecular weight is 665 g/mol. The zero-order valence-electron chi connectivity index (χ0n) is 24.6. The topological polar surface area (TPSA) is 179 Å². The molecule has 1 aliphatic heterocycles. The first-order chi connectivity index (χ1) is 22.3. The lowest BCUT2D eigenvalue weighted by molar-refractivity contribution is -0.139. The second-order valence-corrected chi connectivity index (χ2v) is 12.2. The Labute approximate surface area is 266 Å². The molecule has 5 rings (SSSR count). The number of amides is 4. The second-order valence-electron chi connectivity index (χ2n) is 10.5. The van der Waals surface area contributed by atoms with Crippen LogP contribution in [0.25, 0.3) is 11.1 Å². The lowest BCUT2D eigenvalue weighted by atomic mass is 10.0. The summed E-state index contributed by atoms with van der Waals surface area (Å²) in [6.07, 6.45) is 4.25. The summed E-state index contributed by atoms with van der Waals surface area (Å²) in [6.45, 7) is 0.284. The van der Waals surface area contributed by atoms with E-state index in [1.54, 1.807) is 7.05 Å². The van der Waals surface area contributed by atoms with Crippen molar-refractivity contribution in [2.45, 2.75) is 23.8 Å². The molecule has 16 heteroatoms. The Kier molecular flexibility index (Phi) is 9.23. The first kappa shape index (κ1) is 32.6. The number of nitrogens with one attached hydrogen (secondary N) is 2. The van der Waals surface area contributed by atoms with Crippen LogP contribution in [0.1, 0.15) is 22.3 Å². The van der Waals surface area contributed by atoms with Crippen molar-refractivity contribution in [3.8, 4) is 11.1 Å². The number of aliphatic carboxylic acids is 1. The molecule has 242 valence electrons. The number of carboxylic acid groups (broad SMARTS) is 1. The molecule has 0 radical (unpaired) electrons. The average Bonchev–Trinajstić information content (AvgIpc) is 3.03. The first-order valence-corrected chi connectivity index (χ1v) is 15.4. The smallest absolute Gasteiger partial charge is 0.331 e. The van der Waals surface area contributed by atoms with Crippen LogP contribution < -0.4 is 14.9 Å². The summed E-state index contributed by atoms with van der Waals surface area (Å²) >= 11 is 0. The third-order valence-electron chi connectivity index (χ3n) is 7.25. The minimum atomic E-state index is -4.30. The number of hydrogen-bond donors (Lipinski definition) is 3. The van der Waals surface area contributed by atoms with Gasteiger partial charge in [-0.1, -0.05) is 24.3 Å². The molecule has 4 aromatic rings. The van der Waals surface area contributed by atoms with E-state index in [1.165, 1.54) is 72.2 Å². The Morgan fingerprint density at radius 2 is 1.57 bits per heavy atom. The fourth-order valence-corrected chi connectivity index (χ4v) is 5.83. The number of carbonyl (C=O) groups is 4. The van der Waals surface area contributed by atoms with E-state index in [0.717, 1.165) is 4.90 Å². The number of carbonyl (C=O) groups excluding carboxylic acids is 3. The van der Waals surface area contributed by atoms with Crippen LogP contribution in [-0.2, 0) is 26.0 Å². The van der Waals surface area contributed by atoms with Crippen LogP contribution in [0.4, 0.5) is 25.0 Å². The van der Waals surface area contributed by atoms with Gasteiger partial charge in [0.2, 0.25) is 5.91 Å². The summed E-state index contributed by atoms with van der Waals surface area (Å²) in [5.74, 6) is -6.15. The van der Waals surface area contributed by atoms with Gasteiger partial charge in [-0.2, -0.15) is 0 Å². The van der Waals surface area contributed by atoms with Gasteiger partial charge in [0.25, 0.3) is 15.9 Å². The van der Waals surface area contributed by atoms with Gasteiger partial charge in [0.15, 0.2) is 0 Å². The van der Waals surface area contributed by atoms with Gasteiger partial charge in [-0.15, -0.1) is 0 Å². The minimum absolute atomic E-state index is 0.135. The first-order valence-electron chi connectivity index (χ1n) is 13.9. The summed E-state index contributed by atoms with van der Waals surface area (Å²) in [7, 11) is -2.75. The van der Waals surface area contributed by atoms with Gasteiger partial charge < -0.3 is 15.3 Å². The molecule has 2 heterocycles. The Morgan fingerprint density at radius 3 is 2.17 bits per heavy atom. The van der Waals surface area contributed by atoms with Crippen molar-refractivity contribution < 1.29 is 41.5 Å². The Balaban J connectivity index is 1.27. The van der Waals surface area contributed by atoms with Gasteiger partial charge in [-0.3, -0.25) is 14.3 Å². The largest absolute Gasteiger partial charge is 0.480 e. The fourth-order valence-electron chi connectivity index (χ4n) is 4.79. The molecule has 0 aliphatic carbocycles. The van der Waals surface area contributed by atoms with Crippen LogP contribution >= 0.6 is 0 Å². The summed E-state index contributed by atoms with van der Waals surface area (Å²) in [5.41, 5.74) is 0.293.